The number of amides is 1. The Morgan fingerprint density at radius 1 is 1.43 bits per heavy atom. The molecule has 0 spiro atoms. The van der Waals surface area contributed by atoms with Crippen LogP contribution in [0.15, 0.2) is 29.3 Å². The zero-order valence-electron chi connectivity index (χ0n) is 16.2. The molecule has 1 N–H and O–H groups in total. The van der Waals surface area contributed by atoms with Crippen molar-refractivity contribution in [1.82, 2.24) is 9.78 Å². The predicted molar refractivity (Wildman–Crippen MR) is 108 cm³/mol. The molecule has 7 nitrogen and oxygen atoms in total. The van der Waals surface area contributed by atoms with E-state index in [1.807, 2.05) is 0 Å². The second-order valence-electron chi connectivity index (χ2n) is 5.84. The average molecular weight is 473 g/mol. The fourth-order valence-electron chi connectivity index (χ4n) is 2.25. The minimum Gasteiger partial charge on any atom is -0.411 e. The Morgan fingerprint density at radius 2 is 2.10 bits per heavy atom. The molecule has 1 atom stereocenters. The van der Waals surface area contributed by atoms with Crippen molar-refractivity contribution in [2.75, 3.05) is 23.0 Å². The standard InChI is InChI=1S/C17H21ClF4N4O3S/c1-3-12(19)9-13(10-23-28)26-11-14(16(18)24-26)25(4-2)15(27)5-7-30(29)8-6-17(20,21)22/h3,9-11,28H,4-8H2,1-2H3/b12-3+,13-9+,23-10+. The number of halogens is 5. The normalized spacial score (nSPS) is 14.4. The summed E-state index contributed by atoms with van der Waals surface area (Å²) in [5, 5.41) is 15.5. The van der Waals surface area contributed by atoms with E-state index in [0.717, 1.165) is 23.0 Å². The zero-order valence-corrected chi connectivity index (χ0v) is 17.8. The summed E-state index contributed by atoms with van der Waals surface area (Å²) in [6, 6.07) is 0. The number of nitrogens with zero attached hydrogens (tertiary/aromatic N) is 4. The lowest BCUT2D eigenvalue weighted by Gasteiger charge is -2.19. The van der Waals surface area contributed by atoms with Gasteiger partial charge in [0.25, 0.3) is 0 Å². The summed E-state index contributed by atoms with van der Waals surface area (Å²) in [5.41, 5.74) is 0.168. The van der Waals surface area contributed by atoms with Gasteiger partial charge in [0.15, 0.2) is 5.15 Å². The van der Waals surface area contributed by atoms with Crippen LogP contribution in [0, 0.1) is 0 Å². The van der Waals surface area contributed by atoms with Gasteiger partial charge < -0.3 is 10.1 Å². The smallest absolute Gasteiger partial charge is 0.390 e. The number of hydrogen-bond acceptors (Lipinski definition) is 5. The topological polar surface area (TPSA) is 87.8 Å². The van der Waals surface area contributed by atoms with E-state index >= 15 is 0 Å². The van der Waals surface area contributed by atoms with Crippen molar-refractivity contribution in [1.29, 1.82) is 0 Å². The minimum atomic E-state index is -4.41. The second-order valence-corrected chi connectivity index (χ2v) is 7.89. The number of carbonyl (C=O) groups excluding carboxylic acids is 1. The number of aromatic nitrogens is 2. The molecule has 1 aromatic heterocycles. The quantitative estimate of drug-likeness (QED) is 0.182. The first-order valence-corrected chi connectivity index (χ1v) is 10.6. The number of alkyl halides is 3. The maximum atomic E-state index is 13.6. The summed E-state index contributed by atoms with van der Waals surface area (Å²) < 4.78 is 63.0. The molecular weight excluding hydrogens is 452 g/mol. The molecule has 0 fully saturated rings. The highest BCUT2D eigenvalue weighted by molar-refractivity contribution is 7.84. The third kappa shape index (κ3) is 8.27. The monoisotopic (exact) mass is 472 g/mol. The van der Waals surface area contributed by atoms with Gasteiger partial charge in [0.2, 0.25) is 5.91 Å². The highest BCUT2D eigenvalue weighted by Gasteiger charge is 2.28. The summed E-state index contributed by atoms with van der Waals surface area (Å²) in [6.45, 7) is 3.24. The molecule has 168 valence electrons. The van der Waals surface area contributed by atoms with Crippen LogP contribution in [0.25, 0.3) is 5.70 Å². The van der Waals surface area contributed by atoms with Crippen LogP contribution in [0.2, 0.25) is 5.15 Å². The molecule has 1 amide bonds. The highest BCUT2D eigenvalue weighted by Crippen LogP contribution is 2.27. The molecule has 1 heterocycles. The van der Waals surface area contributed by atoms with Crippen LogP contribution in [-0.2, 0) is 15.6 Å². The van der Waals surface area contributed by atoms with Crippen LogP contribution in [0.5, 0.6) is 0 Å². The van der Waals surface area contributed by atoms with E-state index in [2.05, 4.69) is 10.3 Å². The van der Waals surface area contributed by atoms with Crippen molar-refractivity contribution in [3.8, 4) is 0 Å². The third-order valence-electron chi connectivity index (χ3n) is 3.73. The van der Waals surface area contributed by atoms with E-state index in [4.69, 9.17) is 16.8 Å². The van der Waals surface area contributed by atoms with Crippen LogP contribution in [-0.4, -0.2) is 55.5 Å². The summed E-state index contributed by atoms with van der Waals surface area (Å²) in [5.74, 6) is -1.96. The first kappa shape index (κ1) is 25.8. The van der Waals surface area contributed by atoms with E-state index in [1.165, 1.54) is 18.0 Å². The van der Waals surface area contributed by atoms with E-state index in [0.29, 0.717) is 0 Å². The van der Waals surface area contributed by atoms with Gasteiger partial charge in [-0.2, -0.15) is 18.3 Å². The number of allylic oxidation sites excluding steroid dienone is 4. The van der Waals surface area contributed by atoms with Gasteiger partial charge in [-0.15, -0.1) is 0 Å². The second kappa shape index (κ2) is 11.8. The summed E-state index contributed by atoms with van der Waals surface area (Å²) >= 11 is 6.09. The fraction of sp³-hybridized carbons (Fsp3) is 0.471. The van der Waals surface area contributed by atoms with Gasteiger partial charge in [0.05, 0.1) is 24.5 Å². The largest absolute Gasteiger partial charge is 0.411 e. The van der Waals surface area contributed by atoms with Crippen LogP contribution in [0.3, 0.4) is 0 Å². The Balaban J connectivity index is 2.97. The molecule has 0 aliphatic carbocycles. The van der Waals surface area contributed by atoms with Gasteiger partial charge in [-0.3, -0.25) is 9.00 Å². The molecule has 0 aliphatic heterocycles. The number of oxime groups is 1. The average Bonchev–Trinajstić information content (AvgIpc) is 3.05. The molecule has 1 aromatic rings. The summed E-state index contributed by atoms with van der Waals surface area (Å²) in [4.78, 5) is 13.7. The van der Waals surface area contributed by atoms with E-state index in [9.17, 15) is 26.6 Å². The van der Waals surface area contributed by atoms with Gasteiger partial charge in [0, 0.05) is 41.3 Å². The molecule has 1 unspecified atom stereocenters. The van der Waals surface area contributed by atoms with Gasteiger partial charge in [-0.1, -0.05) is 22.8 Å². The molecule has 30 heavy (non-hydrogen) atoms. The summed E-state index contributed by atoms with van der Waals surface area (Å²) in [6.07, 6.45) is -1.44. The van der Waals surface area contributed by atoms with Crippen molar-refractivity contribution in [3.05, 3.63) is 29.3 Å². The Morgan fingerprint density at radius 3 is 2.63 bits per heavy atom. The number of hydrogen-bond donors (Lipinski definition) is 1. The van der Waals surface area contributed by atoms with Crippen LogP contribution in [0.4, 0.5) is 23.2 Å². The van der Waals surface area contributed by atoms with Crippen LogP contribution < -0.4 is 4.90 Å². The Labute approximate surface area is 178 Å². The molecule has 0 aromatic carbocycles. The molecule has 1 rings (SSSR count). The summed E-state index contributed by atoms with van der Waals surface area (Å²) in [7, 11) is -1.80. The Bertz CT molecular complexity index is 853. The third-order valence-corrected chi connectivity index (χ3v) is 5.32. The van der Waals surface area contributed by atoms with Crippen LogP contribution >= 0.6 is 11.6 Å². The zero-order chi connectivity index (χ0) is 22.9. The van der Waals surface area contributed by atoms with E-state index < -0.39 is 40.9 Å². The van der Waals surface area contributed by atoms with Gasteiger partial charge in [-0.25, -0.2) is 9.07 Å². The molecular formula is C17H21ClF4N4O3S. The van der Waals surface area contributed by atoms with Crippen molar-refractivity contribution >= 4 is 45.9 Å². The lowest BCUT2D eigenvalue weighted by atomic mass is 10.3. The maximum Gasteiger partial charge on any atom is 0.390 e. The number of carbonyl (C=O) groups is 1. The lowest BCUT2D eigenvalue weighted by molar-refractivity contribution is -0.129. The minimum absolute atomic E-state index is 0.0120. The van der Waals surface area contributed by atoms with Gasteiger partial charge in [-0.05, 0) is 13.8 Å². The van der Waals surface area contributed by atoms with Crippen molar-refractivity contribution in [3.63, 3.8) is 0 Å². The maximum absolute atomic E-state index is 13.6. The Hall–Kier alpha value is -2.21. The first-order chi connectivity index (χ1) is 14.0. The van der Waals surface area contributed by atoms with Gasteiger partial charge in [0.1, 0.15) is 11.5 Å². The van der Waals surface area contributed by atoms with Gasteiger partial charge >= 0.3 is 6.18 Å². The highest BCUT2D eigenvalue weighted by atomic mass is 35.5. The lowest BCUT2D eigenvalue weighted by Crippen LogP contribution is -2.31. The number of rotatable bonds is 10. The SMILES string of the molecule is C\C=C(F)/C=C(\C=N\O)n1cc(N(CC)C(=O)CCS(=O)CCC(F)(F)F)c(Cl)n1. The van der Waals surface area contributed by atoms with E-state index in [1.54, 1.807) is 6.92 Å². The van der Waals surface area contributed by atoms with Crippen molar-refractivity contribution < 1.29 is 31.8 Å². The number of anilines is 1. The van der Waals surface area contributed by atoms with Crippen molar-refractivity contribution in [2.24, 2.45) is 5.16 Å². The fourth-order valence-corrected chi connectivity index (χ4v) is 3.55. The molecule has 0 radical (unpaired) electrons. The molecule has 0 saturated heterocycles. The van der Waals surface area contributed by atoms with Crippen molar-refractivity contribution in [2.45, 2.75) is 32.9 Å². The molecule has 0 bridgehead atoms. The van der Waals surface area contributed by atoms with Crippen LogP contribution in [0.1, 0.15) is 26.7 Å². The first-order valence-electron chi connectivity index (χ1n) is 8.71. The molecule has 0 aliphatic rings. The predicted octanol–water partition coefficient (Wildman–Crippen LogP) is 4.15. The molecule has 13 heteroatoms. The molecule has 0 saturated carbocycles. The Kier molecular flexibility index (Phi) is 10.2. The van der Waals surface area contributed by atoms with E-state index in [-0.39, 0.29) is 35.3 Å².